The van der Waals surface area contributed by atoms with Crippen molar-refractivity contribution in [2.24, 2.45) is 0 Å². The van der Waals surface area contributed by atoms with Gasteiger partial charge in [0.25, 0.3) is 5.91 Å². The van der Waals surface area contributed by atoms with E-state index in [9.17, 15) is 13.2 Å². The number of hydrogen-bond acceptors (Lipinski definition) is 5. The van der Waals surface area contributed by atoms with Crippen molar-refractivity contribution in [1.29, 1.82) is 0 Å². The number of rotatable bonds is 6. The van der Waals surface area contributed by atoms with E-state index in [1.54, 1.807) is 11.8 Å². The van der Waals surface area contributed by atoms with Crippen LogP contribution in [0.1, 0.15) is 40.1 Å². The van der Waals surface area contributed by atoms with Crippen LogP contribution < -0.4 is 4.72 Å². The van der Waals surface area contributed by atoms with E-state index >= 15 is 0 Å². The lowest BCUT2D eigenvalue weighted by Crippen LogP contribution is -2.27. The zero-order valence-electron chi connectivity index (χ0n) is 16.9. The molecule has 30 heavy (non-hydrogen) atoms. The summed E-state index contributed by atoms with van der Waals surface area (Å²) in [5.74, 6) is 0.381. The largest absolute Gasteiger partial charge is 0.458 e. The second-order valence-electron chi connectivity index (χ2n) is 7.50. The first kappa shape index (κ1) is 20.4. The van der Waals surface area contributed by atoms with Crippen molar-refractivity contribution in [2.45, 2.75) is 38.1 Å². The Kier molecular flexibility index (Phi) is 5.48. The lowest BCUT2D eigenvalue weighted by molar-refractivity contribution is 0.0793. The molecule has 1 amide bonds. The van der Waals surface area contributed by atoms with E-state index in [0.717, 1.165) is 24.0 Å². The monoisotopic (exact) mass is 428 g/mol. The van der Waals surface area contributed by atoms with Gasteiger partial charge in [-0.15, -0.1) is 0 Å². The van der Waals surface area contributed by atoms with Crippen molar-refractivity contribution in [3.8, 4) is 11.5 Å². The third-order valence-electron chi connectivity index (χ3n) is 5.22. The standard InChI is InChI=1S/C21H24N4O4S/c1-14-6-5-7-16(10-14)12-23-30(27,28)19-11-18(29-15(19)2)20-17(13-22-24-20)21(26)25-8-3-4-9-25/h5-7,10-11,13,23H,3-4,8-9,12H2,1-2H3,(H,22,24). The van der Waals surface area contributed by atoms with Gasteiger partial charge in [-0.2, -0.15) is 5.10 Å². The summed E-state index contributed by atoms with van der Waals surface area (Å²) in [7, 11) is -3.79. The SMILES string of the molecule is Cc1cccc(CNS(=O)(=O)c2cc(-c3[nH]ncc3C(=O)N3CCCC3)oc2C)c1. The van der Waals surface area contributed by atoms with E-state index in [2.05, 4.69) is 14.9 Å². The normalized spacial score (nSPS) is 14.4. The van der Waals surface area contributed by atoms with Crippen LogP contribution in [0, 0.1) is 13.8 Å². The third-order valence-corrected chi connectivity index (χ3v) is 6.73. The molecule has 1 aliphatic heterocycles. The summed E-state index contributed by atoms with van der Waals surface area (Å²) in [5.41, 5.74) is 2.69. The van der Waals surface area contributed by atoms with Gasteiger partial charge in [-0.05, 0) is 32.3 Å². The Hall–Kier alpha value is -2.91. The summed E-state index contributed by atoms with van der Waals surface area (Å²) in [5, 5.41) is 6.75. The molecule has 3 heterocycles. The van der Waals surface area contributed by atoms with Crippen LogP contribution in [0.2, 0.25) is 0 Å². The Bertz CT molecular complexity index is 1170. The minimum atomic E-state index is -3.79. The number of amides is 1. The molecular formula is C21H24N4O4S. The zero-order valence-corrected chi connectivity index (χ0v) is 17.8. The van der Waals surface area contributed by atoms with Crippen LogP contribution in [0.4, 0.5) is 0 Å². The summed E-state index contributed by atoms with van der Waals surface area (Å²) in [6.07, 6.45) is 3.42. The number of hydrogen-bond donors (Lipinski definition) is 2. The number of sulfonamides is 1. The highest BCUT2D eigenvalue weighted by atomic mass is 32.2. The number of furan rings is 1. The van der Waals surface area contributed by atoms with Gasteiger partial charge in [0.1, 0.15) is 16.3 Å². The first-order chi connectivity index (χ1) is 14.3. The molecule has 4 rings (SSSR count). The number of aromatic amines is 1. The highest BCUT2D eigenvalue weighted by molar-refractivity contribution is 7.89. The second kappa shape index (κ2) is 8.08. The minimum absolute atomic E-state index is 0.0410. The molecule has 1 aliphatic rings. The molecule has 0 atom stereocenters. The predicted octanol–water partition coefficient (Wildman–Crippen LogP) is 3.00. The van der Waals surface area contributed by atoms with Gasteiger partial charge in [-0.1, -0.05) is 29.8 Å². The summed E-state index contributed by atoms with van der Waals surface area (Å²) in [4.78, 5) is 14.6. The van der Waals surface area contributed by atoms with Gasteiger partial charge in [-0.3, -0.25) is 9.89 Å². The quantitative estimate of drug-likeness (QED) is 0.627. The molecule has 1 fully saturated rings. The van der Waals surface area contributed by atoms with Crippen molar-refractivity contribution in [3.63, 3.8) is 0 Å². The predicted molar refractivity (Wildman–Crippen MR) is 111 cm³/mol. The van der Waals surface area contributed by atoms with Crippen molar-refractivity contribution >= 4 is 15.9 Å². The maximum atomic E-state index is 12.9. The average molecular weight is 429 g/mol. The molecule has 0 spiro atoms. The fourth-order valence-corrected chi connectivity index (χ4v) is 4.85. The number of benzene rings is 1. The van der Waals surface area contributed by atoms with E-state index in [1.807, 2.05) is 31.2 Å². The van der Waals surface area contributed by atoms with Gasteiger partial charge >= 0.3 is 0 Å². The number of carbonyl (C=O) groups is 1. The summed E-state index contributed by atoms with van der Waals surface area (Å²) < 4.78 is 34.0. The van der Waals surface area contributed by atoms with E-state index < -0.39 is 10.0 Å². The maximum absolute atomic E-state index is 12.9. The highest BCUT2D eigenvalue weighted by Crippen LogP contribution is 2.30. The molecule has 0 aliphatic carbocycles. The van der Waals surface area contributed by atoms with Gasteiger partial charge in [0.05, 0.1) is 11.8 Å². The van der Waals surface area contributed by atoms with Crippen molar-refractivity contribution < 1.29 is 17.6 Å². The van der Waals surface area contributed by atoms with E-state index in [4.69, 9.17) is 4.42 Å². The molecule has 0 radical (unpaired) electrons. The Morgan fingerprint density at radius 1 is 1.23 bits per heavy atom. The van der Waals surface area contributed by atoms with Gasteiger partial charge < -0.3 is 9.32 Å². The lowest BCUT2D eigenvalue weighted by atomic mass is 10.1. The Labute approximate surface area is 175 Å². The number of likely N-dealkylation sites (tertiary alicyclic amines) is 1. The molecule has 0 unspecified atom stereocenters. The molecule has 1 aromatic carbocycles. The van der Waals surface area contributed by atoms with Gasteiger partial charge in [0, 0.05) is 25.7 Å². The second-order valence-corrected chi connectivity index (χ2v) is 9.24. The van der Waals surface area contributed by atoms with Crippen molar-refractivity contribution in [3.05, 3.63) is 59.0 Å². The fourth-order valence-electron chi connectivity index (χ4n) is 3.66. The lowest BCUT2D eigenvalue weighted by Gasteiger charge is -2.14. The summed E-state index contributed by atoms with van der Waals surface area (Å²) in [6, 6.07) is 9.07. The number of nitrogens with zero attached hydrogens (tertiary/aromatic N) is 2. The number of aryl methyl sites for hydroxylation is 2. The zero-order chi connectivity index (χ0) is 21.3. The molecule has 1 saturated heterocycles. The highest BCUT2D eigenvalue weighted by Gasteiger charge is 2.27. The number of H-pyrrole nitrogens is 1. The van der Waals surface area contributed by atoms with Crippen molar-refractivity contribution in [1.82, 2.24) is 19.8 Å². The Morgan fingerprint density at radius 3 is 2.73 bits per heavy atom. The molecule has 158 valence electrons. The molecular weight excluding hydrogens is 404 g/mol. The summed E-state index contributed by atoms with van der Waals surface area (Å²) in [6.45, 7) is 5.14. The number of aromatic nitrogens is 2. The van der Waals surface area contributed by atoms with Crippen LogP contribution in [0.3, 0.4) is 0 Å². The maximum Gasteiger partial charge on any atom is 0.257 e. The van der Waals surface area contributed by atoms with Crippen LogP contribution in [0.15, 0.2) is 45.8 Å². The van der Waals surface area contributed by atoms with Crippen LogP contribution in [-0.4, -0.2) is 42.5 Å². The van der Waals surface area contributed by atoms with Crippen LogP contribution in [-0.2, 0) is 16.6 Å². The van der Waals surface area contributed by atoms with Crippen molar-refractivity contribution in [2.75, 3.05) is 13.1 Å². The topological polar surface area (TPSA) is 108 Å². The summed E-state index contributed by atoms with van der Waals surface area (Å²) >= 11 is 0. The average Bonchev–Trinajstić information content (AvgIpc) is 3.46. The molecule has 9 heteroatoms. The molecule has 2 N–H and O–H groups in total. The Morgan fingerprint density at radius 2 is 2.00 bits per heavy atom. The third kappa shape index (κ3) is 4.03. The van der Waals surface area contributed by atoms with E-state index in [1.165, 1.54) is 12.3 Å². The van der Waals surface area contributed by atoms with Crippen LogP contribution in [0.5, 0.6) is 0 Å². The number of nitrogens with one attached hydrogen (secondary N) is 2. The van der Waals surface area contributed by atoms with Gasteiger partial charge in [-0.25, -0.2) is 13.1 Å². The smallest absolute Gasteiger partial charge is 0.257 e. The van der Waals surface area contributed by atoms with E-state index in [0.29, 0.717) is 24.3 Å². The van der Waals surface area contributed by atoms with Gasteiger partial charge in [0.15, 0.2) is 5.76 Å². The van der Waals surface area contributed by atoms with Crippen LogP contribution in [0.25, 0.3) is 11.5 Å². The first-order valence-corrected chi connectivity index (χ1v) is 11.3. The minimum Gasteiger partial charge on any atom is -0.458 e. The fraction of sp³-hybridized carbons (Fsp3) is 0.333. The van der Waals surface area contributed by atoms with E-state index in [-0.39, 0.29) is 28.9 Å². The molecule has 3 aromatic rings. The Balaban J connectivity index is 1.58. The number of carbonyl (C=O) groups excluding carboxylic acids is 1. The molecule has 2 aromatic heterocycles. The first-order valence-electron chi connectivity index (χ1n) is 9.84. The molecule has 0 bridgehead atoms. The van der Waals surface area contributed by atoms with Crippen LogP contribution >= 0.6 is 0 Å². The van der Waals surface area contributed by atoms with Gasteiger partial charge in [0.2, 0.25) is 10.0 Å². The molecule has 8 nitrogen and oxygen atoms in total. The molecule has 0 saturated carbocycles.